The number of hydrogen-bond acceptors (Lipinski definition) is 9. The molecule has 13 heteroatoms. The molecule has 1 aliphatic heterocycles. The molecule has 0 unspecified atom stereocenters. The van der Waals surface area contributed by atoms with Gasteiger partial charge in [0.05, 0.1) is 39.1 Å². The SMILES string of the molecule is COC(=O)Cc1c(C(=O)OC)sc2nc(CN3CCN(CC(F)(F)F)CC3)[nH]c(=O)c12. The van der Waals surface area contributed by atoms with E-state index in [9.17, 15) is 27.6 Å². The number of esters is 2. The van der Waals surface area contributed by atoms with Crippen LogP contribution in [0.2, 0.25) is 0 Å². The van der Waals surface area contributed by atoms with Crippen LogP contribution in [-0.4, -0.2) is 84.8 Å². The number of nitrogens with zero attached hydrogens (tertiary/aromatic N) is 3. The van der Waals surface area contributed by atoms with Gasteiger partial charge in [0.25, 0.3) is 5.56 Å². The van der Waals surface area contributed by atoms with Crippen molar-refractivity contribution < 1.29 is 32.2 Å². The monoisotopic (exact) mass is 462 g/mol. The standard InChI is InChI=1S/C18H21F3N4O5S/c1-29-12(26)7-10-13-15(27)22-11(23-16(13)31-14(10)17(28)30-2)8-24-3-5-25(6-4-24)9-18(19,20)21/h3-9H2,1-2H3,(H,22,23,27). The quantitative estimate of drug-likeness (QED) is 0.638. The molecule has 1 aliphatic rings. The van der Waals surface area contributed by atoms with E-state index in [-0.39, 0.29) is 46.7 Å². The zero-order chi connectivity index (χ0) is 22.8. The number of thiophene rings is 1. The number of carbonyl (C=O) groups excluding carboxylic acids is 2. The maximum Gasteiger partial charge on any atom is 0.401 e. The van der Waals surface area contributed by atoms with Crippen molar-refractivity contribution in [1.29, 1.82) is 0 Å². The van der Waals surface area contributed by atoms with Crippen molar-refractivity contribution >= 4 is 33.5 Å². The Kier molecular flexibility index (Phi) is 6.96. The van der Waals surface area contributed by atoms with Gasteiger partial charge in [-0.15, -0.1) is 11.3 Å². The van der Waals surface area contributed by atoms with Crippen molar-refractivity contribution in [2.45, 2.75) is 19.1 Å². The van der Waals surface area contributed by atoms with E-state index in [2.05, 4.69) is 14.7 Å². The average molecular weight is 462 g/mol. The molecule has 3 rings (SSSR count). The van der Waals surface area contributed by atoms with Gasteiger partial charge in [0.15, 0.2) is 0 Å². The molecular formula is C18H21F3N4O5S. The van der Waals surface area contributed by atoms with Gasteiger partial charge in [-0.3, -0.25) is 19.4 Å². The summed E-state index contributed by atoms with van der Waals surface area (Å²) in [5, 5.41) is 0.120. The molecule has 170 valence electrons. The lowest BCUT2D eigenvalue weighted by molar-refractivity contribution is -0.149. The molecule has 0 radical (unpaired) electrons. The number of carbonyl (C=O) groups is 2. The fourth-order valence-electron chi connectivity index (χ4n) is 3.40. The molecular weight excluding hydrogens is 441 g/mol. The fourth-order valence-corrected chi connectivity index (χ4v) is 4.53. The molecule has 0 amide bonds. The lowest BCUT2D eigenvalue weighted by Gasteiger charge is -2.34. The van der Waals surface area contributed by atoms with Crippen molar-refractivity contribution in [2.24, 2.45) is 0 Å². The number of nitrogens with one attached hydrogen (secondary N) is 1. The van der Waals surface area contributed by atoms with Gasteiger partial charge >= 0.3 is 18.1 Å². The van der Waals surface area contributed by atoms with Crippen LogP contribution in [0.25, 0.3) is 10.2 Å². The van der Waals surface area contributed by atoms with E-state index < -0.39 is 30.2 Å². The van der Waals surface area contributed by atoms with E-state index in [1.807, 2.05) is 4.90 Å². The van der Waals surface area contributed by atoms with Gasteiger partial charge in [-0.1, -0.05) is 0 Å². The molecule has 0 bridgehead atoms. The van der Waals surface area contributed by atoms with Crippen LogP contribution in [0, 0.1) is 0 Å². The number of halogens is 3. The third kappa shape index (κ3) is 5.60. The molecule has 1 N–H and O–H groups in total. The number of fused-ring (bicyclic) bond motifs is 1. The highest BCUT2D eigenvalue weighted by Gasteiger charge is 2.32. The van der Waals surface area contributed by atoms with Crippen LogP contribution in [0.3, 0.4) is 0 Å². The maximum absolute atomic E-state index is 12.7. The van der Waals surface area contributed by atoms with Crippen molar-refractivity contribution in [3.63, 3.8) is 0 Å². The Balaban J connectivity index is 1.82. The fraction of sp³-hybridized carbons (Fsp3) is 0.556. The van der Waals surface area contributed by atoms with Crippen LogP contribution < -0.4 is 5.56 Å². The summed E-state index contributed by atoms with van der Waals surface area (Å²) in [5.41, 5.74) is -0.319. The predicted molar refractivity (Wildman–Crippen MR) is 105 cm³/mol. The van der Waals surface area contributed by atoms with Crippen molar-refractivity contribution in [2.75, 3.05) is 46.9 Å². The van der Waals surface area contributed by atoms with Gasteiger partial charge in [-0.25, -0.2) is 9.78 Å². The van der Waals surface area contributed by atoms with Crippen LogP contribution in [0.5, 0.6) is 0 Å². The van der Waals surface area contributed by atoms with Crippen LogP contribution in [0.4, 0.5) is 13.2 Å². The zero-order valence-corrected chi connectivity index (χ0v) is 17.7. The summed E-state index contributed by atoms with van der Waals surface area (Å²) in [6.45, 7) is 0.577. The molecule has 2 aromatic rings. The number of H-pyrrole nitrogens is 1. The number of hydrogen-bond donors (Lipinski definition) is 1. The second kappa shape index (κ2) is 9.32. The van der Waals surface area contributed by atoms with Gasteiger partial charge in [0, 0.05) is 31.7 Å². The first kappa shape index (κ1) is 23.2. The zero-order valence-electron chi connectivity index (χ0n) is 16.9. The third-order valence-electron chi connectivity index (χ3n) is 4.87. The number of ether oxygens (including phenoxy) is 2. The van der Waals surface area contributed by atoms with Crippen LogP contribution in [0.1, 0.15) is 21.1 Å². The molecule has 0 spiro atoms. The van der Waals surface area contributed by atoms with Crippen LogP contribution in [-0.2, 0) is 27.2 Å². The minimum absolute atomic E-state index is 0.0961. The molecule has 2 aromatic heterocycles. The summed E-state index contributed by atoms with van der Waals surface area (Å²) in [6.07, 6.45) is -4.52. The maximum atomic E-state index is 12.7. The molecule has 1 saturated heterocycles. The minimum Gasteiger partial charge on any atom is -0.469 e. The summed E-state index contributed by atoms with van der Waals surface area (Å²) >= 11 is 0.941. The number of piperazine rings is 1. The molecule has 9 nitrogen and oxygen atoms in total. The highest BCUT2D eigenvalue weighted by molar-refractivity contribution is 7.20. The van der Waals surface area contributed by atoms with E-state index >= 15 is 0 Å². The summed E-state index contributed by atoms with van der Waals surface area (Å²) in [6, 6.07) is 0. The Morgan fingerprint density at radius 3 is 2.35 bits per heavy atom. The Morgan fingerprint density at radius 1 is 1.13 bits per heavy atom. The molecule has 0 aromatic carbocycles. The molecule has 1 fully saturated rings. The molecule has 31 heavy (non-hydrogen) atoms. The smallest absolute Gasteiger partial charge is 0.401 e. The van der Waals surface area contributed by atoms with E-state index in [1.54, 1.807) is 0 Å². The summed E-state index contributed by atoms with van der Waals surface area (Å²) in [7, 11) is 2.39. The van der Waals surface area contributed by atoms with Crippen LogP contribution >= 0.6 is 11.3 Å². The third-order valence-corrected chi connectivity index (χ3v) is 5.98. The Hall–Kier alpha value is -2.51. The van der Waals surface area contributed by atoms with E-state index in [0.717, 1.165) is 11.3 Å². The van der Waals surface area contributed by atoms with Crippen molar-refractivity contribution in [3.05, 3.63) is 26.6 Å². The highest BCUT2D eigenvalue weighted by Crippen LogP contribution is 2.29. The van der Waals surface area contributed by atoms with Crippen molar-refractivity contribution in [1.82, 2.24) is 19.8 Å². The number of aromatic nitrogens is 2. The number of aromatic amines is 1. The summed E-state index contributed by atoms with van der Waals surface area (Å²) < 4.78 is 47.0. The lowest BCUT2D eigenvalue weighted by atomic mass is 10.1. The average Bonchev–Trinajstić information content (AvgIpc) is 3.06. The van der Waals surface area contributed by atoms with Crippen LogP contribution in [0.15, 0.2) is 4.79 Å². The Bertz CT molecular complexity index is 1030. The Morgan fingerprint density at radius 2 is 1.77 bits per heavy atom. The van der Waals surface area contributed by atoms with E-state index in [0.29, 0.717) is 18.9 Å². The minimum atomic E-state index is -4.24. The first-order valence-corrected chi connectivity index (χ1v) is 10.1. The lowest BCUT2D eigenvalue weighted by Crippen LogP contribution is -2.48. The normalized spacial score (nSPS) is 15.9. The topological polar surface area (TPSA) is 105 Å². The van der Waals surface area contributed by atoms with Gasteiger partial charge in [-0.2, -0.15) is 13.2 Å². The largest absolute Gasteiger partial charge is 0.469 e. The number of methoxy groups -OCH3 is 2. The number of rotatable bonds is 6. The second-order valence-electron chi connectivity index (χ2n) is 7.01. The molecule has 0 atom stereocenters. The predicted octanol–water partition coefficient (Wildman–Crippen LogP) is 1.17. The van der Waals surface area contributed by atoms with Gasteiger partial charge in [0.1, 0.15) is 15.5 Å². The van der Waals surface area contributed by atoms with Gasteiger partial charge < -0.3 is 14.5 Å². The first-order chi connectivity index (χ1) is 14.6. The van der Waals surface area contributed by atoms with Crippen molar-refractivity contribution in [3.8, 4) is 0 Å². The van der Waals surface area contributed by atoms with E-state index in [4.69, 9.17) is 4.74 Å². The van der Waals surface area contributed by atoms with Gasteiger partial charge in [-0.05, 0) is 0 Å². The summed E-state index contributed by atoms with van der Waals surface area (Å²) in [4.78, 5) is 47.2. The molecule has 3 heterocycles. The molecule has 0 aliphatic carbocycles. The van der Waals surface area contributed by atoms with Gasteiger partial charge in [0.2, 0.25) is 0 Å². The number of alkyl halides is 3. The second-order valence-corrected chi connectivity index (χ2v) is 8.01. The first-order valence-electron chi connectivity index (χ1n) is 9.32. The highest BCUT2D eigenvalue weighted by atomic mass is 32.1. The summed E-state index contributed by atoms with van der Waals surface area (Å²) in [5.74, 6) is -0.988. The molecule has 0 saturated carbocycles. The Labute approximate surface area is 178 Å². The van der Waals surface area contributed by atoms with E-state index in [1.165, 1.54) is 19.1 Å².